The van der Waals surface area contributed by atoms with Gasteiger partial charge in [-0.2, -0.15) is 0 Å². The lowest BCUT2D eigenvalue weighted by molar-refractivity contribution is 0.0606. The van der Waals surface area contributed by atoms with Crippen molar-refractivity contribution in [3.8, 4) is 0 Å². The fraction of sp³-hybridized carbons (Fsp3) is 0.667. The van der Waals surface area contributed by atoms with E-state index in [2.05, 4.69) is 21.5 Å². The summed E-state index contributed by atoms with van der Waals surface area (Å²) in [6, 6.07) is 0. The van der Waals surface area contributed by atoms with E-state index < -0.39 is 5.97 Å². The van der Waals surface area contributed by atoms with Gasteiger partial charge in [0.05, 0.1) is 7.11 Å². The van der Waals surface area contributed by atoms with E-state index in [1.807, 2.05) is 0 Å². The lowest BCUT2D eigenvalue weighted by atomic mass is 9.85. The Bertz CT molecular complexity index is 432. The second-order valence-corrected chi connectivity index (χ2v) is 5.78. The molecule has 0 atom stereocenters. The fourth-order valence-corrected chi connectivity index (χ4v) is 3.25. The molecule has 1 aromatic heterocycles. The minimum absolute atomic E-state index is 0.244. The molecular weight excluding hydrogens is 272 g/mol. The van der Waals surface area contributed by atoms with Crippen LogP contribution in [0, 0.1) is 5.92 Å². The topological polar surface area (TPSA) is 42.4 Å². The predicted molar refractivity (Wildman–Crippen MR) is 73.7 cm³/mol. The molecule has 0 radical (unpaired) electrons. The van der Waals surface area contributed by atoms with E-state index in [-0.39, 0.29) is 5.15 Å². The molecule has 0 aliphatic heterocycles. The number of nitrogens with zero attached hydrogens (tertiary/aromatic N) is 2. The lowest BCUT2D eigenvalue weighted by Crippen LogP contribution is -2.32. The van der Waals surface area contributed by atoms with Crippen molar-refractivity contribution >= 4 is 34.0 Å². The van der Waals surface area contributed by atoms with Gasteiger partial charge in [0.1, 0.15) is 0 Å². The monoisotopic (exact) mass is 288 g/mol. The van der Waals surface area contributed by atoms with Crippen LogP contribution >= 0.6 is 22.9 Å². The smallest absolute Gasteiger partial charge is 0.351 e. The number of methoxy groups -OCH3 is 1. The van der Waals surface area contributed by atoms with Crippen LogP contribution in [0.5, 0.6) is 0 Å². The van der Waals surface area contributed by atoms with Gasteiger partial charge in [0, 0.05) is 13.1 Å². The summed E-state index contributed by atoms with van der Waals surface area (Å²) in [6.07, 6.45) is 3.91. The average Bonchev–Trinajstić information content (AvgIpc) is 2.69. The Kier molecular flexibility index (Phi) is 4.45. The van der Waals surface area contributed by atoms with Crippen molar-refractivity contribution in [1.29, 1.82) is 0 Å². The molecule has 1 aromatic rings. The summed E-state index contributed by atoms with van der Waals surface area (Å²) in [5, 5.41) is 1.06. The Hall–Kier alpha value is -0.810. The summed E-state index contributed by atoms with van der Waals surface area (Å²) < 4.78 is 4.69. The van der Waals surface area contributed by atoms with Crippen molar-refractivity contribution in [3.63, 3.8) is 0 Å². The first-order valence-electron chi connectivity index (χ1n) is 6.15. The molecule has 0 unspecified atom stereocenters. The van der Waals surface area contributed by atoms with Crippen LogP contribution in [0.1, 0.15) is 35.9 Å². The van der Waals surface area contributed by atoms with Crippen molar-refractivity contribution in [2.45, 2.75) is 26.2 Å². The quantitative estimate of drug-likeness (QED) is 0.780. The van der Waals surface area contributed by atoms with Crippen LogP contribution < -0.4 is 4.90 Å². The third-order valence-corrected chi connectivity index (χ3v) is 4.78. The van der Waals surface area contributed by atoms with E-state index in [0.717, 1.165) is 24.1 Å². The fourth-order valence-electron chi connectivity index (χ4n) is 1.97. The predicted octanol–water partition coefficient (Wildman–Crippen LogP) is 3.21. The van der Waals surface area contributed by atoms with Gasteiger partial charge in [0.25, 0.3) is 0 Å². The van der Waals surface area contributed by atoms with Crippen molar-refractivity contribution in [3.05, 3.63) is 10.0 Å². The number of hydrogen-bond donors (Lipinski definition) is 0. The number of esters is 1. The van der Waals surface area contributed by atoms with Crippen LogP contribution in [0.25, 0.3) is 0 Å². The van der Waals surface area contributed by atoms with Crippen LogP contribution in [0.15, 0.2) is 0 Å². The third-order valence-electron chi connectivity index (χ3n) is 3.30. The first-order valence-corrected chi connectivity index (χ1v) is 7.34. The maximum atomic E-state index is 11.5. The summed E-state index contributed by atoms with van der Waals surface area (Å²) in [5.74, 6) is 0.345. The van der Waals surface area contributed by atoms with Crippen LogP contribution in [0.3, 0.4) is 0 Å². The maximum absolute atomic E-state index is 11.5. The minimum Gasteiger partial charge on any atom is -0.465 e. The molecule has 1 aliphatic rings. The summed E-state index contributed by atoms with van der Waals surface area (Å²) in [5.41, 5.74) is 0. The number of halogens is 1. The first kappa shape index (κ1) is 13.6. The van der Waals surface area contributed by atoms with Crippen molar-refractivity contribution in [2.75, 3.05) is 25.1 Å². The number of aromatic nitrogens is 1. The molecule has 0 saturated heterocycles. The molecule has 6 heteroatoms. The van der Waals surface area contributed by atoms with Crippen molar-refractivity contribution in [1.82, 2.24) is 4.98 Å². The van der Waals surface area contributed by atoms with E-state index in [1.54, 1.807) is 0 Å². The highest BCUT2D eigenvalue weighted by atomic mass is 35.5. The Morgan fingerprint density at radius 2 is 2.33 bits per heavy atom. The van der Waals surface area contributed by atoms with Gasteiger partial charge in [-0.1, -0.05) is 29.4 Å². The van der Waals surface area contributed by atoms with Crippen LogP contribution in [-0.4, -0.2) is 31.2 Å². The van der Waals surface area contributed by atoms with Gasteiger partial charge in [-0.15, -0.1) is 0 Å². The van der Waals surface area contributed by atoms with E-state index in [0.29, 0.717) is 4.88 Å². The zero-order chi connectivity index (χ0) is 13.1. The van der Waals surface area contributed by atoms with Crippen LogP contribution in [-0.2, 0) is 4.74 Å². The van der Waals surface area contributed by atoms with E-state index in [9.17, 15) is 4.79 Å². The zero-order valence-electron chi connectivity index (χ0n) is 10.6. The van der Waals surface area contributed by atoms with E-state index >= 15 is 0 Å². The summed E-state index contributed by atoms with van der Waals surface area (Å²) in [7, 11) is 1.35. The van der Waals surface area contributed by atoms with Crippen molar-refractivity contribution in [2.24, 2.45) is 5.92 Å². The second-order valence-electron chi connectivity index (χ2n) is 4.44. The van der Waals surface area contributed by atoms with E-state index in [4.69, 9.17) is 11.6 Å². The molecule has 100 valence electrons. The van der Waals surface area contributed by atoms with Gasteiger partial charge < -0.3 is 9.64 Å². The zero-order valence-corrected chi connectivity index (χ0v) is 12.2. The Morgan fingerprint density at radius 3 is 2.83 bits per heavy atom. The Labute approximate surface area is 116 Å². The number of thiazole rings is 1. The molecule has 0 bridgehead atoms. The molecule has 0 amide bonds. The Balaban J connectivity index is 2.12. The summed E-state index contributed by atoms with van der Waals surface area (Å²) >= 11 is 7.29. The number of rotatable bonds is 5. The molecule has 18 heavy (non-hydrogen) atoms. The SMILES string of the molecule is CCN(CC1CCC1)c1nc(Cl)c(C(=O)OC)s1. The molecule has 0 aromatic carbocycles. The summed E-state index contributed by atoms with van der Waals surface area (Å²) in [4.78, 5) is 18.3. The molecule has 4 nitrogen and oxygen atoms in total. The number of carbonyl (C=O) groups excluding carboxylic acids is 1. The van der Waals surface area contributed by atoms with Crippen molar-refractivity contribution < 1.29 is 9.53 Å². The highest BCUT2D eigenvalue weighted by Crippen LogP contribution is 2.33. The highest BCUT2D eigenvalue weighted by Gasteiger charge is 2.24. The molecule has 2 rings (SSSR count). The van der Waals surface area contributed by atoms with Gasteiger partial charge in [0.15, 0.2) is 15.2 Å². The summed E-state index contributed by atoms with van der Waals surface area (Å²) in [6.45, 7) is 3.97. The molecule has 1 heterocycles. The largest absolute Gasteiger partial charge is 0.465 e. The van der Waals surface area contributed by atoms with E-state index in [1.165, 1.54) is 37.7 Å². The molecule has 1 aliphatic carbocycles. The third kappa shape index (κ3) is 2.78. The van der Waals surface area contributed by atoms with Crippen LogP contribution in [0.2, 0.25) is 5.15 Å². The first-order chi connectivity index (χ1) is 8.65. The number of hydrogen-bond acceptors (Lipinski definition) is 5. The van der Waals surface area contributed by atoms with Gasteiger partial charge in [-0.3, -0.25) is 0 Å². The minimum atomic E-state index is -0.413. The maximum Gasteiger partial charge on any atom is 0.351 e. The number of ether oxygens (including phenoxy) is 1. The van der Waals surface area contributed by atoms with Crippen LogP contribution in [0.4, 0.5) is 5.13 Å². The Morgan fingerprint density at radius 1 is 1.61 bits per heavy atom. The lowest BCUT2D eigenvalue weighted by Gasteiger charge is -2.31. The number of carbonyl (C=O) groups is 1. The number of anilines is 1. The van der Waals surface area contributed by atoms with Gasteiger partial charge in [-0.05, 0) is 25.7 Å². The second kappa shape index (κ2) is 5.89. The highest BCUT2D eigenvalue weighted by molar-refractivity contribution is 7.18. The van der Waals surface area contributed by atoms with Gasteiger partial charge >= 0.3 is 5.97 Å². The molecule has 1 fully saturated rings. The molecule has 1 saturated carbocycles. The molecule has 0 spiro atoms. The molecule has 0 N–H and O–H groups in total. The molecular formula is C12H17ClN2O2S. The van der Waals surface area contributed by atoms with Gasteiger partial charge in [0.2, 0.25) is 0 Å². The standard InChI is InChI=1S/C12H17ClN2O2S/c1-3-15(7-8-5-4-6-8)12-14-10(13)9(18-12)11(16)17-2/h8H,3-7H2,1-2H3. The van der Waals surface area contributed by atoms with Gasteiger partial charge in [-0.25, -0.2) is 9.78 Å². The average molecular weight is 289 g/mol. The normalized spacial score (nSPS) is 15.3.